The lowest BCUT2D eigenvalue weighted by Gasteiger charge is -2.36. The quantitative estimate of drug-likeness (QED) is 0.508. The van der Waals surface area contributed by atoms with E-state index < -0.39 is 6.04 Å². The molecular weight excluding hydrogens is 490 g/mol. The van der Waals surface area contributed by atoms with Crippen LogP contribution in [0.15, 0.2) is 24.4 Å². The van der Waals surface area contributed by atoms with Gasteiger partial charge in [-0.25, -0.2) is 0 Å². The molecule has 8 heteroatoms. The zero-order valence-electron chi connectivity index (χ0n) is 23.5. The Hall–Kier alpha value is -2.87. The van der Waals surface area contributed by atoms with Crippen molar-refractivity contribution in [2.75, 3.05) is 20.1 Å². The summed E-state index contributed by atoms with van der Waals surface area (Å²) in [4.78, 5) is 48.5. The third-order valence-electron chi connectivity index (χ3n) is 9.90. The molecule has 4 aliphatic rings. The van der Waals surface area contributed by atoms with Gasteiger partial charge in [0.1, 0.15) is 6.04 Å². The molecular formula is C31H43N5O3. The minimum absolute atomic E-state index is 0.0291. The molecule has 2 saturated heterocycles. The van der Waals surface area contributed by atoms with Crippen molar-refractivity contribution >= 4 is 28.6 Å². The fraction of sp³-hybridized carbons (Fsp3) is 0.645. The maximum absolute atomic E-state index is 14.5. The van der Waals surface area contributed by atoms with E-state index in [4.69, 9.17) is 0 Å². The van der Waals surface area contributed by atoms with E-state index in [-0.39, 0.29) is 53.6 Å². The van der Waals surface area contributed by atoms with Gasteiger partial charge in [-0.1, -0.05) is 31.4 Å². The van der Waals surface area contributed by atoms with Crippen LogP contribution < -0.4 is 10.6 Å². The van der Waals surface area contributed by atoms with Crippen molar-refractivity contribution in [2.24, 2.45) is 11.8 Å². The summed E-state index contributed by atoms with van der Waals surface area (Å²) >= 11 is 0. The Bertz CT molecular complexity index is 1250. The minimum Gasteiger partial charge on any atom is -0.361 e. The van der Waals surface area contributed by atoms with Crippen molar-refractivity contribution in [1.29, 1.82) is 0 Å². The molecule has 6 rings (SSSR count). The first kappa shape index (κ1) is 26.4. The van der Waals surface area contributed by atoms with Crippen molar-refractivity contribution in [3.05, 3.63) is 35.5 Å². The number of amides is 3. The van der Waals surface area contributed by atoms with Gasteiger partial charge in [0.2, 0.25) is 17.7 Å². The molecule has 0 bridgehead atoms. The first-order chi connectivity index (χ1) is 18.9. The van der Waals surface area contributed by atoms with E-state index in [9.17, 15) is 14.4 Å². The van der Waals surface area contributed by atoms with Gasteiger partial charge in [-0.05, 0) is 76.1 Å². The largest absolute Gasteiger partial charge is 0.361 e. The highest BCUT2D eigenvalue weighted by Gasteiger charge is 2.55. The molecule has 2 aromatic rings. The highest BCUT2D eigenvalue weighted by atomic mass is 16.2. The van der Waals surface area contributed by atoms with Crippen LogP contribution in [-0.2, 0) is 14.4 Å². The number of nitrogens with zero attached hydrogens (tertiary/aromatic N) is 2. The van der Waals surface area contributed by atoms with Gasteiger partial charge in [0.05, 0.1) is 18.1 Å². The topological polar surface area (TPSA) is 97.5 Å². The number of likely N-dealkylation sites (tertiary alicyclic amines) is 2. The normalized spacial score (nSPS) is 27.0. The molecule has 5 atom stereocenters. The Labute approximate surface area is 231 Å². The summed E-state index contributed by atoms with van der Waals surface area (Å²) < 4.78 is 0. The van der Waals surface area contributed by atoms with E-state index in [0.717, 1.165) is 50.5 Å². The lowest BCUT2D eigenvalue weighted by atomic mass is 9.82. The van der Waals surface area contributed by atoms with Crippen LogP contribution in [0, 0.1) is 18.8 Å². The van der Waals surface area contributed by atoms with E-state index in [1.54, 1.807) is 7.05 Å². The van der Waals surface area contributed by atoms with Gasteiger partial charge in [0.25, 0.3) is 0 Å². The fourth-order valence-corrected chi connectivity index (χ4v) is 7.44. The molecule has 0 radical (unpaired) electrons. The first-order valence-corrected chi connectivity index (χ1v) is 15.0. The zero-order valence-corrected chi connectivity index (χ0v) is 23.5. The number of fused-ring (bicyclic) bond motifs is 2. The molecule has 2 saturated carbocycles. The molecule has 210 valence electrons. The van der Waals surface area contributed by atoms with Gasteiger partial charge in [0.15, 0.2) is 0 Å². The maximum Gasteiger partial charge on any atom is 0.245 e. The van der Waals surface area contributed by atoms with Crippen molar-refractivity contribution in [2.45, 2.75) is 95.3 Å². The van der Waals surface area contributed by atoms with Gasteiger partial charge in [-0.2, -0.15) is 0 Å². The number of benzene rings is 1. The number of aromatic amines is 1. The number of likely N-dealkylation sites (N-methyl/N-ethyl adjacent to an activating group) is 1. The molecule has 3 heterocycles. The second kappa shape index (κ2) is 10.6. The number of hydrogen-bond acceptors (Lipinski definition) is 4. The van der Waals surface area contributed by atoms with Gasteiger partial charge in [-0.15, -0.1) is 0 Å². The number of aryl methyl sites for hydroxylation is 1. The van der Waals surface area contributed by atoms with Gasteiger partial charge < -0.3 is 25.4 Å². The summed E-state index contributed by atoms with van der Waals surface area (Å²) in [6, 6.07) is 5.53. The molecule has 0 spiro atoms. The van der Waals surface area contributed by atoms with Crippen molar-refractivity contribution in [1.82, 2.24) is 25.4 Å². The van der Waals surface area contributed by atoms with E-state index in [1.165, 1.54) is 22.9 Å². The summed E-state index contributed by atoms with van der Waals surface area (Å²) in [6.45, 7) is 5.19. The number of rotatable bonds is 7. The zero-order chi connectivity index (χ0) is 27.3. The Morgan fingerprint density at radius 2 is 1.79 bits per heavy atom. The number of nitrogens with one attached hydrogen (secondary N) is 3. The number of carbonyl (C=O) groups is 3. The molecule has 1 aromatic heterocycles. The van der Waals surface area contributed by atoms with Crippen LogP contribution in [0.25, 0.3) is 10.9 Å². The average molecular weight is 534 g/mol. The third kappa shape index (κ3) is 4.85. The standard InChI is InChI=1S/C31H43N5O3/c1-18-9-12-22-23(16-33-25(22)15-18)24-17-36(30(38)21-10-11-21)26-13-14-35(28(24)26)31(39)27(20-7-5-4-6-8-20)34-29(37)19(2)32-3/h9,12,15-16,19-21,24,26-28,32-33H,4-8,10-11,13-14,17H2,1-3H3,(H,34,37)/t19-,24+,26+,27-,28+/m0/s1. The van der Waals surface area contributed by atoms with Gasteiger partial charge in [-0.3, -0.25) is 14.4 Å². The van der Waals surface area contributed by atoms with Crippen molar-refractivity contribution < 1.29 is 14.4 Å². The maximum atomic E-state index is 14.5. The molecule has 1 aromatic carbocycles. The molecule has 2 aliphatic heterocycles. The summed E-state index contributed by atoms with van der Waals surface area (Å²) in [5, 5.41) is 7.35. The predicted octanol–water partition coefficient (Wildman–Crippen LogP) is 3.45. The van der Waals surface area contributed by atoms with E-state index in [2.05, 4.69) is 51.8 Å². The number of carbonyl (C=O) groups excluding carboxylic acids is 3. The van der Waals surface area contributed by atoms with Crippen LogP contribution in [0.2, 0.25) is 0 Å². The summed E-state index contributed by atoms with van der Waals surface area (Å²) in [5.41, 5.74) is 3.48. The second-order valence-corrected chi connectivity index (χ2v) is 12.4. The monoisotopic (exact) mass is 533 g/mol. The van der Waals surface area contributed by atoms with Crippen molar-refractivity contribution in [3.63, 3.8) is 0 Å². The highest BCUT2D eigenvalue weighted by molar-refractivity contribution is 5.91. The Kier molecular flexibility index (Phi) is 7.16. The SMILES string of the molecule is CN[C@@H](C)C(=O)N[C@H](C(=O)N1CC[C@@H]2[C@H]1[C@@H](c1c[nH]c3cc(C)ccc13)CN2C(=O)C1CC1)C1CCCCC1. The number of H-pyrrole nitrogens is 1. The highest BCUT2D eigenvalue weighted by Crippen LogP contribution is 2.46. The molecule has 2 aliphatic carbocycles. The van der Waals surface area contributed by atoms with Crippen LogP contribution in [0.1, 0.15) is 75.3 Å². The molecule has 39 heavy (non-hydrogen) atoms. The number of hydrogen-bond donors (Lipinski definition) is 3. The molecule has 0 unspecified atom stereocenters. The average Bonchev–Trinajstić information content (AvgIpc) is 3.42. The summed E-state index contributed by atoms with van der Waals surface area (Å²) in [6.07, 6.45) is 10.1. The molecule has 3 amide bonds. The minimum atomic E-state index is -0.521. The lowest BCUT2D eigenvalue weighted by molar-refractivity contribution is -0.140. The van der Waals surface area contributed by atoms with Crippen LogP contribution in [0.4, 0.5) is 0 Å². The van der Waals surface area contributed by atoms with Crippen LogP contribution in [0.3, 0.4) is 0 Å². The van der Waals surface area contributed by atoms with E-state index >= 15 is 0 Å². The van der Waals surface area contributed by atoms with Crippen LogP contribution in [0.5, 0.6) is 0 Å². The van der Waals surface area contributed by atoms with Crippen LogP contribution in [-0.4, -0.2) is 76.8 Å². The van der Waals surface area contributed by atoms with Crippen molar-refractivity contribution in [3.8, 4) is 0 Å². The number of aromatic nitrogens is 1. The smallest absolute Gasteiger partial charge is 0.245 e. The first-order valence-electron chi connectivity index (χ1n) is 15.0. The Balaban J connectivity index is 1.34. The summed E-state index contributed by atoms with van der Waals surface area (Å²) in [5.74, 6) is 0.512. The lowest BCUT2D eigenvalue weighted by Crippen LogP contribution is -2.57. The predicted molar refractivity (Wildman–Crippen MR) is 151 cm³/mol. The van der Waals surface area contributed by atoms with Crippen LogP contribution >= 0.6 is 0 Å². The third-order valence-corrected chi connectivity index (χ3v) is 9.90. The van der Waals surface area contributed by atoms with E-state index in [0.29, 0.717) is 13.1 Å². The molecule has 4 fully saturated rings. The van der Waals surface area contributed by atoms with E-state index in [1.807, 2.05) is 11.8 Å². The Morgan fingerprint density at radius 1 is 1.03 bits per heavy atom. The molecule has 3 N–H and O–H groups in total. The Morgan fingerprint density at radius 3 is 2.51 bits per heavy atom. The second-order valence-electron chi connectivity index (χ2n) is 12.4. The summed E-state index contributed by atoms with van der Waals surface area (Å²) in [7, 11) is 1.77. The van der Waals surface area contributed by atoms with Gasteiger partial charge in [0, 0.05) is 42.0 Å². The molecule has 8 nitrogen and oxygen atoms in total. The van der Waals surface area contributed by atoms with Gasteiger partial charge >= 0.3 is 0 Å². The fourth-order valence-electron chi connectivity index (χ4n) is 7.44.